The average Bonchev–Trinajstić information content (AvgIpc) is 3.33. The van der Waals surface area contributed by atoms with E-state index in [2.05, 4.69) is 21.9 Å². The van der Waals surface area contributed by atoms with Crippen molar-refractivity contribution in [1.82, 2.24) is 9.80 Å². The molecule has 0 aliphatic carbocycles. The summed E-state index contributed by atoms with van der Waals surface area (Å²) >= 11 is 0. The van der Waals surface area contributed by atoms with Gasteiger partial charge in [0, 0.05) is 69.0 Å². The summed E-state index contributed by atoms with van der Waals surface area (Å²) < 4.78 is 19.5. The Balaban J connectivity index is 1.28. The smallest absolute Gasteiger partial charge is 0.253 e. The highest BCUT2D eigenvalue weighted by molar-refractivity contribution is 5.94. The van der Waals surface area contributed by atoms with Gasteiger partial charge in [0.25, 0.3) is 5.91 Å². The van der Waals surface area contributed by atoms with E-state index in [0.717, 1.165) is 49.6 Å². The SMILES string of the molecule is COc1cccc(N2CCN(C[C@@H]3CN(C(=O)c4ccc(C)cc4)C[C@@H]3c3cccc(F)c3)CC2)c1. The van der Waals surface area contributed by atoms with Crippen LogP contribution in [-0.4, -0.2) is 68.6 Å². The summed E-state index contributed by atoms with van der Waals surface area (Å²) in [4.78, 5) is 20.2. The van der Waals surface area contributed by atoms with Gasteiger partial charge in [-0.25, -0.2) is 4.39 Å². The van der Waals surface area contributed by atoms with Gasteiger partial charge in [0.1, 0.15) is 11.6 Å². The number of benzene rings is 3. The molecule has 2 fully saturated rings. The molecule has 0 radical (unpaired) electrons. The third kappa shape index (κ3) is 5.39. The lowest BCUT2D eigenvalue weighted by molar-refractivity contribution is 0.0782. The first-order chi connectivity index (χ1) is 17.5. The highest BCUT2D eigenvalue weighted by atomic mass is 19.1. The number of piperazine rings is 1. The predicted octanol–water partition coefficient (Wildman–Crippen LogP) is 4.82. The Morgan fingerprint density at radius 2 is 1.69 bits per heavy atom. The van der Waals surface area contributed by atoms with Crippen LogP contribution in [0.3, 0.4) is 0 Å². The number of hydrogen-bond donors (Lipinski definition) is 0. The van der Waals surface area contributed by atoms with Gasteiger partial charge in [-0.05, 0) is 54.8 Å². The van der Waals surface area contributed by atoms with E-state index in [-0.39, 0.29) is 23.6 Å². The van der Waals surface area contributed by atoms with Gasteiger partial charge in [-0.2, -0.15) is 0 Å². The second kappa shape index (κ2) is 10.7. The van der Waals surface area contributed by atoms with E-state index in [1.54, 1.807) is 19.2 Å². The van der Waals surface area contributed by atoms with Gasteiger partial charge in [-0.1, -0.05) is 35.9 Å². The quantitative estimate of drug-likeness (QED) is 0.500. The normalized spacial score (nSPS) is 20.5. The average molecular weight is 488 g/mol. The van der Waals surface area contributed by atoms with Crippen LogP contribution < -0.4 is 9.64 Å². The van der Waals surface area contributed by atoms with Gasteiger partial charge in [0.05, 0.1) is 7.11 Å². The van der Waals surface area contributed by atoms with Crippen molar-refractivity contribution in [2.45, 2.75) is 12.8 Å². The largest absolute Gasteiger partial charge is 0.497 e. The van der Waals surface area contributed by atoms with Gasteiger partial charge in [-0.15, -0.1) is 0 Å². The fourth-order valence-corrected chi connectivity index (χ4v) is 5.54. The van der Waals surface area contributed by atoms with Crippen LogP contribution in [0.4, 0.5) is 10.1 Å². The molecule has 2 heterocycles. The minimum Gasteiger partial charge on any atom is -0.497 e. The number of carbonyl (C=O) groups excluding carboxylic acids is 1. The number of likely N-dealkylation sites (tertiary alicyclic amines) is 1. The summed E-state index contributed by atoms with van der Waals surface area (Å²) in [5.41, 5.74) is 4.01. The molecule has 6 heteroatoms. The molecule has 0 unspecified atom stereocenters. The number of halogens is 1. The van der Waals surface area contributed by atoms with E-state index in [0.29, 0.717) is 18.7 Å². The number of ether oxygens (including phenoxy) is 1. The molecule has 0 aromatic heterocycles. The number of hydrogen-bond acceptors (Lipinski definition) is 4. The first-order valence-corrected chi connectivity index (χ1v) is 12.7. The molecule has 0 saturated carbocycles. The summed E-state index contributed by atoms with van der Waals surface area (Å²) in [6, 6.07) is 22.9. The maximum Gasteiger partial charge on any atom is 0.253 e. The fraction of sp³-hybridized carbons (Fsp3) is 0.367. The maximum absolute atomic E-state index is 14.1. The molecule has 2 aliphatic heterocycles. The molecule has 0 spiro atoms. The third-order valence-corrected chi connectivity index (χ3v) is 7.59. The summed E-state index contributed by atoms with van der Waals surface area (Å²) in [6.45, 7) is 8.01. The lowest BCUT2D eigenvalue weighted by Crippen LogP contribution is -2.48. The van der Waals surface area contributed by atoms with Gasteiger partial charge >= 0.3 is 0 Å². The second-order valence-electron chi connectivity index (χ2n) is 9.99. The number of anilines is 1. The molecule has 3 aromatic carbocycles. The summed E-state index contributed by atoms with van der Waals surface area (Å²) in [5.74, 6) is 1.08. The Bertz CT molecular complexity index is 1190. The summed E-state index contributed by atoms with van der Waals surface area (Å²) in [5, 5.41) is 0. The van der Waals surface area contributed by atoms with Crippen molar-refractivity contribution in [2.75, 3.05) is 57.8 Å². The molecule has 2 saturated heterocycles. The molecule has 1 amide bonds. The fourth-order valence-electron chi connectivity index (χ4n) is 5.54. The molecule has 2 aliphatic rings. The van der Waals surface area contributed by atoms with E-state index in [1.165, 1.54) is 11.8 Å². The minimum absolute atomic E-state index is 0.0572. The zero-order chi connectivity index (χ0) is 25.1. The van der Waals surface area contributed by atoms with Crippen LogP contribution in [0.25, 0.3) is 0 Å². The number of carbonyl (C=O) groups is 1. The predicted molar refractivity (Wildman–Crippen MR) is 141 cm³/mol. The van der Waals surface area contributed by atoms with Crippen molar-refractivity contribution in [3.63, 3.8) is 0 Å². The molecule has 188 valence electrons. The Labute approximate surface area is 213 Å². The van der Waals surface area contributed by atoms with E-state index in [4.69, 9.17) is 4.74 Å². The van der Waals surface area contributed by atoms with Crippen molar-refractivity contribution < 1.29 is 13.9 Å². The van der Waals surface area contributed by atoms with Crippen LogP contribution in [0.2, 0.25) is 0 Å². The molecule has 36 heavy (non-hydrogen) atoms. The molecule has 3 aromatic rings. The zero-order valence-electron chi connectivity index (χ0n) is 21.1. The van der Waals surface area contributed by atoms with Gasteiger partial charge in [0.15, 0.2) is 0 Å². The van der Waals surface area contributed by atoms with Crippen molar-refractivity contribution >= 4 is 11.6 Å². The van der Waals surface area contributed by atoms with Gasteiger partial charge in [-0.3, -0.25) is 9.69 Å². The maximum atomic E-state index is 14.1. The van der Waals surface area contributed by atoms with Gasteiger partial charge < -0.3 is 14.5 Å². The number of nitrogens with zero attached hydrogens (tertiary/aromatic N) is 3. The van der Waals surface area contributed by atoms with E-state index in [1.807, 2.05) is 54.3 Å². The number of amides is 1. The first-order valence-electron chi connectivity index (χ1n) is 12.7. The van der Waals surface area contributed by atoms with Crippen molar-refractivity contribution in [3.8, 4) is 5.75 Å². The molecule has 5 nitrogen and oxygen atoms in total. The van der Waals surface area contributed by atoms with Crippen molar-refractivity contribution in [1.29, 1.82) is 0 Å². The third-order valence-electron chi connectivity index (χ3n) is 7.59. The van der Waals surface area contributed by atoms with Crippen LogP contribution in [0.1, 0.15) is 27.4 Å². The Morgan fingerprint density at radius 1 is 0.944 bits per heavy atom. The zero-order valence-corrected chi connectivity index (χ0v) is 21.1. The standard InChI is InChI=1S/C30H34FN3O2/c1-22-9-11-23(12-10-22)30(35)34-20-25(29(21-34)24-5-3-6-26(31)17-24)19-32-13-15-33(16-14-32)27-7-4-8-28(18-27)36-2/h3-12,17-18,25,29H,13-16,19-21H2,1-2H3/t25-,29-/m1/s1. The molecule has 0 bridgehead atoms. The number of aryl methyl sites for hydroxylation is 1. The Morgan fingerprint density at radius 3 is 2.42 bits per heavy atom. The second-order valence-corrected chi connectivity index (χ2v) is 9.99. The monoisotopic (exact) mass is 487 g/mol. The van der Waals surface area contributed by atoms with Crippen LogP contribution in [0.5, 0.6) is 5.75 Å². The van der Waals surface area contributed by atoms with E-state index < -0.39 is 0 Å². The highest BCUT2D eigenvalue weighted by Crippen LogP contribution is 2.35. The van der Waals surface area contributed by atoms with Crippen LogP contribution in [0, 0.1) is 18.7 Å². The lowest BCUT2D eigenvalue weighted by atomic mass is 9.88. The van der Waals surface area contributed by atoms with E-state index >= 15 is 0 Å². The van der Waals surface area contributed by atoms with Crippen molar-refractivity contribution in [2.24, 2.45) is 5.92 Å². The van der Waals surface area contributed by atoms with Crippen LogP contribution in [0.15, 0.2) is 72.8 Å². The van der Waals surface area contributed by atoms with Crippen molar-refractivity contribution in [3.05, 3.63) is 95.3 Å². The van der Waals surface area contributed by atoms with Crippen LogP contribution in [-0.2, 0) is 0 Å². The molecule has 2 atom stereocenters. The Hall–Kier alpha value is -3.38. The molecule has 0 N–H and O–H groups in total. The summed E-state index contributed by atoms with van der Waals surface area (Å²) in [7, 11) is 1.69. The van der Waals surface area contributed by atoms with E-state index in [9.17, 15) is 9.18 Å². The van der Waals surface area contributed by atoms with Crippen LogP contribution >= 0.6 is 0 Å². The topological polar surface area (TPSA) is 36.0 Å². The minimum atomic E-state index is -0.221. The highest BCUT2D eigenvalue weighted by Gasteiger charge is 2.38. The molecule has 5 rings (SSSR count). The lowest BCUT2D eigenvalue weighted by Gasteiger charge is -2.38. The number of rotatable bonds is 6. The number of methoxy groups -OCH3 is 1. The summed E-state index contributed by atoms with van der Waals surface area (Å²) in [6.07, 6.45) is 0. The molecular formula is C30H34FN3O2. The molecular weight excluding hydrogens is 453 g/mol. The van der Waals surface area contributed by atoms with Gasteiger partial charge in [0.2, 0.25) is 0 Å². The first kappa shape index (κ1) is 24.3. The Kier molecular flexibility index (Phi) is 7.23.